The van der Waals surface area contributed by atoms with E-state index in [4.69, 9.17) is 16.6 Å². The third kappa shape index (κ3) is 3.13. The van der Waals surface area contributed by atoms with Crippen LogP contribution in [0.3, 0.4) is 0 Å². The van der Waals surface area contributed by atoms with E-state index in [0.29, 0.717) is 5.92 Å². The minimum Gasteiger partial charge on any atom is -0.366 e. The zero-order valence-electron chi connectivity index (χ0n) is 13.7. The zero-order chi connectivity index (χ0) is 16.4. The monoisotopic (exact) mass is 339 g/mol. The minimum atomic E-state index is 0.552. The van der Waals surface area contributed by atoms with Gasteiger partial charge in [0.15, 0.2) is 0 Å². The maximum absolute atomic E-state index is 6.23. The third-order valence-corrected chi connectivity index (χ3v) is 5.13. The van der Waals surface area contributed by atoms with Crippen molar-refractivity contribution in [1.29, 1.82) is 0 Å². The van der Waals surface area contributed by atoms with Crippen molar-refractivity contribution in [2.24, 2.45) is 0 Å². The van der Waals surface area contributed by atoms with Crippen LogP contribution < -0.4 is 5.32 Å². The molecule has 1 fully saturated rings. The van der Waals surface area contributed by atoms with Gasteiger partial charge >= 0.3 is 0 Å². The first kappa shape index (κ1) is 15.5. The highest BCUT2D eigenvalue weighted by Crippen LogP contribution is 2.36. The molecule has 2 heterocycles. The Balaban J connectivity index is 1.70. The zero-order valence-corrected chi connectivity index (χ0v) is 14.5. The Kier molecular flexibility index (Phi) is 4.44. The van der Waals surface area contributed by atoms with Gasteiger partial charge < -0.3 is 5.32 Å². The van der Waals surface area contributed by atoms with Crippen LogP contribution in [0.5, 0.6) is 0 Å². The van der Waals surface area contributed by atoms with Crippen molar-refractivity contribution in [3.05, 3.63) is 64.9 Å². The van der Waals surface area contributed by atoms with E-state index >= 15 is 0 Å². The Morgan fingerprint density at radius 1 is 1.04 bits per heavy atom. The molecule has 1 aliphatic carbocycles. The van der Waals surface area contributed by atoms with Gasteiger partial charge in [0, 0.05) is 18.7 Å². The Morgan fingerprint density at radius 2 is 1.83 bits per heavy atom. The SMILES string of the molecule is Clc1ccc2nc(C3CCCCC3)c(NCc3ccccc3)n2c1. The van der Waals surface area contributed by atoms with Crippen LogP contribution in [-0.4, -0.2) is 9.38 Å². The van der Waals surface area contributed by atoms with Gasteiger partial charge in [-0.2, -0.15) is 0 Å². The van der Waals surface area contributed by atoms with Crippen LogP contribution in [0.25, 0.3) is 5.65 Å². The van der Waals surface area contributed by atoms with E-state index in [1.54, 1.807) is 0 Å². The summed E-state index contributed by atoms with van der Waals surface area (Å²) in [4.78, 5) is 4.93. The topological polar surface area (TPSA) is 29.3 Å². The number of hydrogen-bond donors (Lipinski definition) is 1. The second-order valence-electron chi connectivity index (χ2n) is 6.60. The van der Waals surface area contributed by atoms with Crippen LogP contribution >= 0.6 is 11.6 Å². The molecule has 0 bridgehead atoms. The first-order valence-corrected chi connectivity index (χ1v) is 9.14. The summed E-state index contributed by atoms with van der Waals surface area (Å²) >= 11 is 6.23. The van der Waals surface area contributed by atoms with Crippen molar-refractivity contribution in [3.63, 3.8) is 0 Å². The number of imidazole rings is 1. The molecule has 3 aromatic rings. The maximum atomic E-state index is 6.23. The van der Waals surface area contributed by atoms with E-state index in [-0.39, 0.29) is 0 Å². The lowest BCUT2D eigenvalue weighted by Crippen LogP contribution is -2.10. The molecule has 1 saturated carbocycles. The average Bonchev–Trinajstić information content (AvgIpc) is 2.99. The third-order valence-electron chi connectivity index (χ3n) is 4.90. The van der Waals surface area contributed by atoms with E-state index in [1.165, 1.54) is 43.4 Å². The summed E-state index contributed by atoms with van der Waals surface area (Å²) in [5.74, 6) is 1.65. The van der Waals surface area contributed by atoms with E-state index in [2.05, 4.69) is 34.0 Å². The van der Waals surface area contributed by atoms with Gasteiger partial charge in [-0.3, -0.25) is 4.40 Å². The van der Waals surface area contributed by atoms with Crippen LogP contribution in [0.1, 0.15) is 49.3 Å². The Labute approximate surface area is 147 Å². The van der Waals surface area contributed by atoms with Crippen LogP contribution in [-0.2, 0) is 6.54 Å². The van der Waals surface area contributed by atoms with Crippen molar-refractivity contribution in [2.75, 3.05) is 5.32 Å². The average molecular weight is 340 g/mol. The van der Waals surface area contributed by atoms with Crippen molar-refractivity contribution in [3.8, 4) is 0 Å². The molecule has 1 N–H and O–H groups in total. The molecule has 1 aromatic carbocycles. The number of benzene rings is 1. The normalized spacial score (nSPS) is 15.7. The summed E-state index contributed by atoms with van der Waals surface area (Å²) in [6, 6.07) is 14.4. The highest BCUT2D eigenvalue weighted by molar-refractivity contribution is 6.30. The number of fused-ring (bicyclic) bond motifs is 1. The van der Waals surface area contributed by atoms with Crippen LogP contribution in [0.2, 0.25) is 5.02 Å². The molecule has 0 unspecified atom stereocenters. The number of aromatic nitrogens is 2. The fourth-order valence-corrected chi connectivity index (χ4v) is 3.82. The molecule has 2 aromatic heterocycles. The van der Waals surface area contributed by atoms with Gasteiger partial charge in [0.25, 0.3) is 0 Å². The van der Waals surface area contributed by atoms with Gasteiger partial charge in [-0.15, -0.1) is 0 Å². The van der Waals surface area contributed by atoms with Gasteiger partial charge in [0.2, 0.25) is 0 Å². The molecule has 0 spiro atoms. The number of hydrogen-bond acceptors (Lipinski definition) is 2. The second-order valence-corrected chi connectivity index (χ2v) is 7.03. The Hall–Kier alpha value is -2.00. The predicted molar refractivity (Wildman–Crippen MR) is 99.8 cm³/mol. The molecule has 4 rings (SSSR count). The van der Waals surface area contributed by atoms with E-state index < -0.39 is 0 Å². The lowest BCUT2D eigenvalue weighted by Gasteiger charge is -2.21. The predicted octanol–water partition coefficient (Wildman–Crippen LogP) is 5.65. The standard InChI is InChI=1S/C20H22ClN3/c21-17-11-12-18-23-19(16-9-5-2-6-10-16)20(24(18)14-17)22-13-15-7-3-1-4-8-15/h1,3-4,7-8,11-12,14,16,22H,2,5-6,9-10,13H2. The van der Waals surface area contributed by atoms with Gasteiger partial charge in [-0.05, 0) is 30.5 Å². The summed E-state index contributed by atoms with van der Waals surface area (Å²) in [5.41, 5.74) is 3.44. The Bertz CT molecular complexity index is 820. The lowest BCUT2D eigenvalue weighted by molar-refractivity contribution is 0.438. The summed E-state index contributed by atoms with van der Waals surface area (Å²) < 4.78 is 2.11. The first-order valence-electron chi connectivity index (χ1n) is 8.76. The number of nitrogens with one attached hydrogen (secondary N) is 1. The molecule has 24 heavy (non-hydrogen) atoms. The summed E-state index contributed by atoms with van der Waals surface area (Å²) in [7, 11) is 0. The highest BCUT2D eigenvalue weighted by atomic mass is 35.5. The smallest absolute Gasteiger partial charge is 0.138 e. The molecule has 0 amide bonds. The number of rotatable bonds is 4. The Morgan fingerprint density at radius 3 is 2.62 bits per heavy atom. The van der Waals surface area contributed by atoms with Crippen LogP contribution in [0.15, 0.2) is 48.7 Å². The van der Waals surface area contributed by atoms with Crippen LogP contribution in [0, 0.1) is 0 Å². The van der Waals surface area contributed by atoms with E-state index in [1.807, 2.05) is 24.4 Å². The molecular weight excluding hydrogens is 318 g/mol. The maximum Gasteiger partial charge on any atom is 0.138 e. The van der Waals surface area contributed by atoms with Crippen LogP contribution in [0.4, 0.5) is 5.82 Å². The summed E-state index contributed by atoms with van der Waals surface area (Å²) in [6.45, 7) is 0.793. The second kappa shape index (κ2) is 6.86. The molecule has 4 heteroatoms. The lowest BCUT2D eigenvalue weighted by atomic mass is 9.87. The minimum absolute atomic E-state index is 0.552. The molecule has 0 radical (unpaired) electrons. The largest absolute Gasteiger partial charge is 0.366 e. The summed E-state index contributed by atoms with van der Waals surface area (Å²) in [6.07, 6.45) is 8.39. The van der Waals surface area contributed by atoms with E-state index in [9.17, 15) is 0 Å². The first-order chi connectivity index (χ1) is 11.8. The van der Waals surface area contributed by atoms with Crippen molar-refractivity contribution >= 4 is 23.1 Å². The van der Waals surface area contributed by atoms with Gasteiger partial charge in [0.05, 0.1) is 10.7 Å². The fraction of sp³-hybridized carbons (Fsp3) is 0.350. The number of halogens is 1. The number of pyridine rings is 1. The molecule has 0 aliphatic heterocycles. The highest BCUT2D eigenvalue weighted by Gasteiger charge is 2.23. The van der Waals surface area contributed by atoms with Crippen molar-refractivity contribution in [1.82, 2.24) is 9.38 Å². The summed E-state index contributed by atoms with van der Waals surface area (Å²) in [5, 5.41) is 4.35. The molecule has 0 saturated heterocycles. The van der Waals surface area contributed by atoms with Crippen molar-refractivity contribution in [2.45, 2.75) is 44.6 Å². The van der Waals surface area contributed by atoms with E-state index in [0.717, 1.165) is 23.0 Å². The van der Waals surface area contributed by atoms with Gasteiger partial charge in [-0.1, -0.05) is 61.2 Å². The molecule has 1 aliphatic rings. The van der Waals surface area contributed by atoms with Gasteiger partial charge in [0.1, 0.15) is 11.5 Å². The molecular formula is C20H22ClN3. The number of anilines is 1. The number of nitrogens with zero attached hydrogens (tertiary/aromatic N) is 2. The molecule has 0 atom stereocenters. The quantitative estimate of drug-likeness (QED) is 0.665. The van der Waals surface area contributed by atoms with Crippen molar-refractivity contribution < 1.29 is 0 Å². The molecule has 3 nitrogen and oxygen atoms in total. The van der Waals surface area contributed by atoms with Gasteiger partial charge in [-0.25, -0.2) is 4.98 Å². The fourth-order valence-electron chi connectivity index (χ4n) is 3.65. The molecule has 124 valence electrons.